The smallest absolute Gasteiger partial charge is 0.243 e. The molecule has 0 atom stereocenters. The molecule has 2 aliphatic rings. The van der Waals surface area contributed by atoms with Crippen LogP contribution in [-0.4, -0.2) is 12.5 Å². The molecule has 3 heteroatoms. The molecule has 64 valence electrons. The van der Waals surface area contributed by atoms with Gasteiger partial charge >= 0.3 is 0 Å². The molecule has 1 heterocycles. The van der Waals surface area contributed by atoms with Crippen molar-refractivity contribution in [1.29, 1.82) is 0 Å². The predicted molar refractivity (Wildman–Crippen MR) is 46.2 cm³/mol. The van der Waals surface area contributed by atoms with Crippen molar-refractivity contribution in [2.45, 2.75) is 19.8 Å². The summed E-state index contributed by atoms with van der Waals surface area (Å²) < 4.78 is 0. The second-order valence-electron chi connectivity index (χ2n) is 3.28. The van der Waals surface area contributed by atoms with Gasteiger partial charge in [-0.25, -0.2) is 0 Å². The van der Waals surface area contributed by atoms with E-state index < -0.39 is 0 Å². The molecule has 12 heavy (non-hydrogen) atoms. The van der Waals surface area contributed by atoms with E-state index in [0.717, 1.165) is 24.2 Å². The molecule has 0 radical (unpaired) electrons. The highest BCUT2D eigenvalue weighted by atomic mass is 16.2. The lowest BCUT2D eigenvalue weighted by atomic mass is 10.0. The molecule has 0 aromatic carbocycles. The summed E-state index contributed by atoms with van der Waals surface area (Å²) in [7, 11) is 0. The Morgan fingerprint density at radius 3 is 3.08 bits per heavy atom. The maximum absolute atomic E-state index is 11.0. The molecule has 0 fully saturated rings. The van der Waals surface area contributed by atoms with Gasteiger partial charge in [-0.3, -0.25) is 4.79 Å². The summed E-state index contributed by atoms with van der Waals surface area (Å²) in [5.41, 5.74) is 3.52. The Labute approximate surface area is 71.5 Å². The third kappa shape index (κ3) is 1.22. The number of carbonyl (C=O) groups excluding carboxylic acids is 1. The van der Waals surface area contributed by atoms with Gasteiger partial charge in [0.1, 0.15) is 0 Å². The summed E-state index contributed by atoms with van der Waals surface area (Å²) in [4.78, 5) is 11.0. The van der Waals surface area contributed by atoms with Crippen LogP contribution in [0.4, 0.5) is 0 Å². The van der Waals surface area contributed by atoms with E-state index in [2.05, 4.69) is 23.6 Å². The molecule has 0 aromatic heterocycles. The largest absolute Gasteiger partial charge is 0.375 e. The monoisotopic (exact) mass is 164 g/mol. The predicted octanol–water partition coefficient (Wildman–Crippen LogP) is 0.658. The lowest BCUT2D eigenvalue weighted by Gasteiger charge is -2.24. The van der Waals surface area contributed by atoms with Crippen molar-refractivity contribution >= 4 is 5.91 Å². The van der Waals surface area contributed by atoms with Crippen LogP contribution >= 0.6 is 0 Å². The van der Waals surface area contributed by atoms with Gasteiger partial charge in [-0.1, -0.05) is 5.57 Å². The molecular weight excluding hydrogens is 152 g/mol. The fraction of sp³-hybridized carbons (Fsp3) is 0.444. The first-order chi connectivity index (χ1) is 5.75. The van der Waals surface area contributed by atoms with E-state index >= 15 is 0 Å². The Balaban J connectivity index is 2.27. The fourth-order valence-corrected chi connectivity index (χ4v) is 1.54. The summed E-state index contributed by atoms with van der Waals surface area (Å²) in [6.45, 7) is 2.52. The number of rotatable bonds is 0. The lowest BCUT2D eigenvalue weighted by Crippen LogP contribution is -2.40. The summed E-state index contributed by atoms with van der Waals surface area (Å²) in [5, 5.41) is 5.96. The van der Waals surface area contributed by atoms with Crippen molar-refractivity contribution in [3.63, 3.8) is 0 Å². The van der Waals surface area contributed by atoms with Gasteiger partial charge in [0.15, 0.2) is 0 Å². The van der Waals surface area contributed by atoms with Gasteiger partial charge in [0.25, 0.3) is 0 Å². The minimum atomic E-state index is 0.0710. The SMILES string of the molecule is CC1=CC2=C(CC1)NC(=O)CN2. The highest BCUT2D eigenvalue weighted by Crippen LogP contribution is 2.21. The molecule has 1 aliphatic carbocycles. The number of nitrogens with one attached hydrogen (secondary N) is 2. The molecule has 0 bridgehead atoms. The van der Waals surface area contributed by atoms with E-state index in [1.807, 2.05) is 0 Å². The highest BCUT2D eigenvalue weighted by Gasteiger charge is 2.18. The number of carbonyl (C=O) groups is 1. The first-order valence-corrected chi connectivity index (χ1v) is 4.20. The first-order valence-electron chi connectivity index (χ1n) is 4.20. The van der Waals surface area contributed by atoms with Gasteiger partial charge < -0.3 is 10.6 Å². The second-order valence-corrected chi connectivity index (χ2v) is 3.28. The van der Waals surface area contributed by atoms with Crippen LogP contribution in [0.3, 0.4) is 0 Å². The van der Waals surface area contributed by atoms with Gasteiger partial charge in [0, 0.05) is 5.70 Å². The second kappa shape index (κ2) is 2.66. The fourth-order valence-electron chi connectivity index (χ4n) is 1.54. The zero-order valence-corrected chi connectivity index (χ0v) is 7.11. The Morgan fingerprint density at radius 1 is 1.42 bits per heavy atom. The van der Waals surface area contributed by atoms with Gasteiger partial charge in [-0.15, -0.1) is 0 Å². The third-order valence-electron chi connectivity index (χ3n) is 2.21. The minimum absolute atomic E-state index is 0.0710. The average Bonchev–Trinajstić information content (AvgIpc) is 2.05. The van der Waals surface area contributed by atoms with Crippen LogP contribution in [0.5, 0.6) is 0 Å². The summed E-state index contributed by atoms with van der Waals surface area (Å²) in [6, 6.07) is 0. The highest BCUT2D eigenvalue weighted by molar-refractivity contribution is 5.81. The lowest BCUT2D eigenvalue weighted by molar-refractivity contribution is -0.119. The summed E-state index contributed by atoms with van der Waals surface area (Å²) in [5.74, 6) is 0.0710. The zero-order chi connectivity index (χ0) is 8.55. The maximum Gasteiger partial charge on any atom is 0.243 e. The van der Waals surface area contributed by atoms with Crippen LogP contribution in [0.2, 0.25) is 0 Å². The van der Waals surface area contributed by atoms with Gasteiger partial charge in [-0.2, -0.15) is 0 Å². The standard InChI is InChI=1S/C9H12N2O/c1-6-2-3-7-8(4-6)10-5-9(12)11-7/h4,10H,2-3,5H2,1H3,(H,11,12). The number of hydrogen-bond acceptors (Lipinski definition) is 2. The van der Waals surface area contributed by atoms with Crippen LogP contribution in [0, 0.1) is 0 Å². The average molecular weight is 164 g/mol. The van der Waals surface area contributed by atoms with E-state index in [1.165, 1.54) is 5.57 Å². The van der Waals surface area contributed by atoms with Crippen LogP contribution in [0.25, 0.3) is 0 Å². The number of hydrogen-bond donors (Lipinski definition) is 2. The maximum atomic E-state index is 11.0. The molecule has 0 saturated carbocycles. The molecular formula is C9H12N2O. The molecule has 3 nitrogen and oxygen atoms in total. The van der Waals surface area contributed by atoms with Crippen molar-refractivity contribution in [3.05, 3.63) is 23.0 Å². The van der Waals surface area contributed by atoms with E-state index in [4.69, 9.17) is 0 Å². The van der Waals surface area contributed by atoms with Crippen LogP contribution in [0.15, 0.2) is 23.0 Å². The summed E-state index contributed by atoms with van der Waals surface area (Å²) in [6.07, 6.45) is 4.12. The molecule has 0 unspecified atom stereocenters. The molecule has 0 spiro atoms. The molecule has 2 N–H and O–H groups in total. The van der Waals surface area contributed by atoms with Crippen molar-refractivity contribution in [3.8, 4) is 0 Å². The van der Waals surface area contributed by atoms with Gasteiger partial charge in [0.05, 0.1) is 12.2 Å². The molecule has 1 amide bonds. The minimum Gasteiger partial charge on any atom is -0.375 e. The normalized spacial score (nSPS) is 22.4. The molecule has 2 rings (SSSR count). The zero-order valence-electron chi connectivity index (χ0n) is 7.11. The van der Waals surface area contributed by atoms with Crippen LogP contribution in [-0.2, 0) is 4.79 Å². The van der Waals surface area contributed by atoms with Crippen molar-refractivity contribution < 1.29 is 4.79 Å². The quantitative estimate of drug-likeness (QED) is 0.552. The van der Waals surface area contributed by atoms with E-state index in [0.29, 0.717) is 6.54 Å². The van der Waals surface area contributed by atoms with Gasteiger partial charge in [0.2, 0.25) is 5.91 Å². The first kappa shape index (κ1) is 7.40. The molecule has 1 aliphatic heterocycles. The van der Waals surface area contributed by atoms with Crippen LogP contribution in [0.1, 0.15) is 19.8 Å². The Hall–Kier alpha value is -1.25. The van der Waals surface area contributed by atoms with Gasteiger partial charge in [-0.05, 0) is 25.8 Å². The Bertz CT molecular complexity index is 289. The molecule has 0 aromatic rings. The van der Waals surface area contributed by atoms with Crippen molar-refractivity contribution in [1.82, 2.24) is 10.6 Å². The van der Waals surface area contributed by atoms with E-state index in [1.54, 1.807) is 0 Å². The number of amides is 1. The Kier molecular flexibility index (Phi) is 1.64. The van der Waals surface area contributed by atoms with E-state index in [-0.39, 0.29) is 5.91 Å². The third-order valence-corrected chi connectivity index (χ3v) is 2.21. The molecule has 0 saturated heterocycles. The summed E-state index contributed by atoms with van der Waals surface area (Å²) >= 11 is 0. The number of allylic oxidation sites excluding steroid dienone is 3. The van der Waals surface area contributed by atoms with Crippen molar-refractivity contribution in [2.75, 3.05) is 6.54 Å². The van der Waals surface area contributed by atoms with Crippen molar-refractivity contribution in [2.24, 2.45) is 0 Å². The Morgan fingerprint density at radius 2 is 2.25 bits per heavy atom. The van der Waals surface area contributed by atoms with E-state index in [9.17, 15) is 4.79 Å². The van der Waals surface area contributed by atoms with Crippen LogP contribution < -0.4 is 10.6 Å². The topological polar surface area (TPSA) is 41.1 Å².